The SMILES string of the molecule is CCCCC=C1CC(=O)N[C@@H]1C(=O)O. The largest absolute Gasteiger partial charge is 0.479 e. The minimum absolute atomic E-state index is 0.194. The quantitative estimate of drug-likeness (QED) is 0.523. The summed E-state index contributed by atoms with van der Waals surface area (Å²) in [5, 5.41) is 11.2. The van der Waals surface area contributed by atoms with Gasteiger partial charge in [-0.15, -0.1) is 0 Å². The van der Waals surface area contributed by atoms with E-state index in [-0.39, 0.29) is 12.3 Å². The molecule has 0 bridgehead atoms. The summed E-state index contributed by atoms with van der Waals surface area (Å²) in [7, 11) is 0. The van der Waals surface area contributed by atoms with E-state index in [2.05, 4.69) is 12.2 Å². The Morgan fingerprint density at radius 1 is 1.71 bits per heavy atom. The number of aliphatic carboxylic acids is 1. The highest BCUT2D eigenvalue weighted by atomic mass is 16.4. The summed E-state index contributed by atoms with van der Waals surface area (Å²) >= 11 is 0. The number of hydrogen-bond acceptors (Lipinski definition) is 2. The van der Waals surface area contributed by atoms with Crippen LogP contribution in [-0.2, 0) is 9.59 Å². The summed E-state index contributed by atoms with van der Waals surface area (Å²) in [6.07, 6.45) is 5.07. The Kier molecular flexibility index (Phi) is 3.68. The lowest BCUT2D eigenvalue weighted by Gasteiger charge is -2.05. The van der Waals surface area contributed by atoms with Gasteiger partial charge < -0.3 is 10.4 Å². The van der Waals surface area contributed by atoms with Crippen LogP contribution in [0.4, 0.5) is 0 Å². The van der Waals surface area contributed by atoms with Crippen LogP contribution >= 0.6 is 0 Å². The summed E-state index contributed by atoms with van der Waals surface area (Å²) in [5.74, 6) is -1.17. The molecule has 4 heteroatoms. The first-order chi connectivity index (χ1) is 6.65. The maximum Gasteiger partial charge on any atom is 0.330 e. The highest BCUT2D eigenvalue weighted by Gasteiger charge is 2.31. The molecule has 1 rings (SSSR count). The summed E-state index contributed by atoms with van der Waals surface area (Å²) in [6, 6.07) is -0.792. The van der Waals surface area contributed by atoms with Gasteiger partial charge in [0.2, 0.25) is 5.91 Å². The average Bonchev–Trinajstić information content (AvgIpc) is 2.47. The molecule has 78 valence electrons. The third kappa shape index (κ3) is 2.58. The van der Waals surface area contributed by atoms with E-state index in [0.717, 1.165) is 19.3 Å². The van der Waals surface area contributed by atoms with Gasteiger partial charge in [0.15, 0.2) is 0 Å². The molecular formula is C10H15NO3. The molecule has 2 N–H and O–H groups in total. The van der Waals surface area contributed by atoms with Crippen molar-refractivity contribution in [2.75, 3.05) is 0 Å². The lowest BCUT2D eigenvalue weighted by atomic mass is 10.1. The molecule has 0 unspecified atom stereocenters. The molecule has 1 aliphatic rings. The van der Waals surface area contributed by atoms with Crippen LogP contribution in [0.2, 0.25) is 0 Å². The number of rotatable bonds is 4. The summed E-state index contributed by atoms with van der Waals surface area (Å²) in [6.45, 7) is 2.07. The molecular weight excluding hydrogens is 182 g/mol. The highest BCUT2D eigenvalue weighted by Crippen LogP contribution is 2.17. The predicted molar refractivity (Wildman–Crippen MR) is 51.8 cm³/mol. The molecule has 1 aliphatic heterocycles. The molecule has 1 amide bonds. The lowest BCUT2D eigenvalue weighted by Crippen LogP contribution is -2.33. The van der Waals surface area contributed by atoms with E-state index in [1.54, 1.807) is 0 Å². The van der Waals surface area contributed by atoms with E-state index in [4.69, 9.17) is 5.11 Å². The zero-order valence-electron chi connectivity index (χ0n) is 8.25. The first-order valence-electron chi connectivity index (χ1n) is 4.86. The van der Waals surface area contributed by atoms with Crippen LogP contribution < -0.4 is 5.32 Å². The van der Waals surface area contributed by atoms with Crippen LogP contribution in [0.15, 0.2) is 11.6 Å². The second-order valence-corrected chi connectivity index (χ2v) is 3.44. The second kappa shape index (κ2) is 4.79. The fourth-order valence-corrected chi connectivity index (χ4v) is 1.49. The Labute approximate surface area is 83.0 Å². The summed E-state index contributed by atoms with van der Waals surface area (Å²) in [4.78, 5) is 21.7. The van der Waals surface area contributed by atoms with Gasteiger partial charge in [0, 0.05) is 0 Å². The standard InChI is InChI=1S/C10H15NO3/c1-2-3-4-5-7-6-8(12)11-9(7)10(13)14/h5,9H,2-4,6H2,1H3,(H,11,12)(H,13,14)/t9-/m0/s1. The molecule has 1 heterocycles. The third-order valence-electron chi connectivity index (χ3n) is 2.25. The molecule has 0 aromatic carbocycles. The monoisotopic (exact) mass is 197 g/mol. The molecule has 0 spiro atoms. The van der Waals surface area contributed by atoms with Crippen LogP contribution in [0.3, 0.4) is 0 Å². The van der Waals surface area contributed by atoms with Crippen molar-refractivity contribution in [3.8, 4) is 0 Å². The predicted octanol–water partition coefficient (Wildman–Crippen LogP) is 1.08. The first kappa shape index (κ1) is 10.8. The molecule has 14 heavy (non-hydrogen) atoms. The van der Waals surface area contributed by atoms with Crippen molar-refractivity contribution >= 4 is 11.9 Å². The van der Waals surface area contributed by atoms with Gasteiger partial charge in [-0.25, -0.2) is 4.79 Å². The van der Waals surface area contributed by atoms with Crippen molar-refractivity contribution in [2.24, 2.45) is 0 Å². The molecule has 0 aromatic rings. The van der Waals surface area contributed by atoms with Crippen molar-refractivity contribution in [1.29, 1.82) is 0 Å². The Hall–Kier alpha value is -1.32. The molecule has 0 radical (unpaired) electrons. The van der Waals surface area contributed by atoms with E-state index in [9.17, 15) is 9.59 Å². The van der Waals surface area contributed by atoms with Crippen LogP contribution in [0.1, 0.15) is 32.6 Å². The van der Waals surface area contributed by atoms with Crippen LogP contribution in [0.5, 0.6) is 0 Å². The van der Waals surface area contributed by atoms with Crippen LogP contribution in [0.25, 0.3) is 0 Å². The van der Waals surface area contributed by atoms with E-state index in [1.807, 2.05) is 6.08 Å². The lowest BCUT2D eigenvalue weighted by molar-refractivity contribution is -0.139. The third-order valence-corrected chi connectivity index (χ3v) is 2.25. The van der Waals surface area contributed by atoms with Crippen molar-refractivity contribution in [3.63, 3.8) is 0 Å². The van der Waals surface area contributed by atoms with Gasteiger partial charge in [-0.3, -0.25) is 4.79 Å². The van der Waals surface area contributed by atoms with E-state index >= 15 is 0 Å². The maximum atomic E-state index is 11.0. The van der Waals surface area contributed by atoms with Gasteiger partial charge in [0.1, 0.15) is 6.04 Å². The Morgan fingerprint density at radius 3 is 3.00 bits per heavy atom. The van der Waals surface area contributed by atoms with E-state index in [0.29, 0.717) is 5.57 Å². The number of carbonyl (C=O) groups is 2. The number of hydrogen-bond donors (Lipinski definition) is 2. The van der Waals surface area contributed by atoms with Gasteiger partial charge in [0.05, 0.1) is 6.42 Å². The number of nitrogens with one attached hydrogen (secondary N) is 1. The topological polar surface area (TPSA) is 66.4 Å². The van der Waals surface area contributed by atoms with Gasteiger partial charge >= 0.3 is 5.97 Å². The molecule has 4 nitrogen and oxygen atoms in total. The Bertz CT molecular complexity index is 271. The minimum Gasteiger partial charge on any atom is -0.479 e. The number of allylic oxidation sites excluding steroid dienone is 1. The second-order valence-electron chi connectivity index (χ2n) is 3.44. The maximum absolute atomic E-state index is 11.0. The zero-order valence-corrected chi connectivity index (χ0v) is 8.25. The molecule has 0 aliphatic carbocycles. The van der Waals surface area contributed by atoms with Gasteiger partial charge in [-0.2, -0.15) is 0 Å². The van der Waals surface area contributed by atoms with Crippen molar-refractivity contribution in [2.45, 2.75) is 38.6 Å². The number of amides is 1. The molecule has 0 aromatic heterocycles. The van der Waals surface area contributed by atoms with Gasteiger partial charge in [0.25, 0.3) is 0 Å². The van der Waals surface area contributed by atoms with Gasteiger partial charge in [-0.1, -0.05) is 25.8 Å². The number of carbonyl (C=O) groups excluding carboxylic acids is 1. The van der Waals surface area contributed by atoms with Crippen LogP contribution in [0, 0.1) is 0 Å². The summed E-state index contributed by atoms with van der Waals surface area (Å²) in [5.41, 5.74) is 0.705. The average molecular weight is 197 g/mol. The minimum atomic E-state index is -0.974. The zero-order chi connectivity index (χ0) is 10.6. The smallest absolute Gasteiger partial charge is 0.330 e. The fraction of sp³-hybridized carbons (Fsp3) is 0.600. The molecule has 1 fully saturated rings. The van der Waals surface area contributed by atoms with Crippen molar-refractivity contribution in [3.05, 3.63) is 11.6 Å². The van der Waals surface area contributed by atoms with E-state index in [1.165, 1.54) is 0 Å². The highest BCUT2D eigenvalue weighted by molar-refractivity contribution is 5.92. The van der Waals surface area contributed by atoms with Crippen molar-refractivity contribution in [1.82, 2.24) is 5.32 Å². The molecule has 0 saturated carbocycles. The fourth-order valence-electron chi connectivity index (χ4n) is 1.49. The Balaban J connectivity index is 2.61. The van der Waals surface area contributed by atoms with Gasteiger partial charge in [-0.05, 0) is 12.0 Å². The Morgan fingerprint density at radius 2 is 2.43 bits per heavy atom. The number of unbranched alkanes of at least 4 members (excludes halogenated alkanes) is 2. The number of carboxylic acid groups (broad SMARTS) is 1. The van der Waals surface area contributed by atoms with Crippen LogP contribution in [-0.4, -0.2) is 23.0 Å². The summed E-state index contributed by atoms with van der Waals surface area (Å²) < 4.78 is 0. The van der Waals surface area contributed by atoms with E-state index < -0.39 is 12.0 Å². The first-order valence-corrected chi connectivity index (χ1v) is 4.86. The molecule has 1 saturated heterocycles. The number of carboxylic acids is 1. The van der Waals surface area contributed by atoms with Crippen molar-refractivity contribution < 1.29 is 14.7 Å². The molecule has 1 atom stereocenters. The normalized spacial score (nSPS) is 23.9.